The highest BCUT2D eigenvalue weighted by Gasteiger charge is 2.14. The fourth-order valence-corrected chi connectivity index (χ4v) is 1.20. The van der Waals surface area contributed by atoms with Crippen molar-refractivity contribution in [3.05, 3.63) is 12.4 Å². The van der Waals surface area contributed by atoms with Gasteiger partial charge >= 0.3 is 0 Å². The van der Waals surface area contributed by atoms with Gasteiger partial charge in [-0.2, -0.15) is 0 Å². The molecule has 1 aromatic rings. The molecule has 0 amide bonds. The summed E-state index contributed by atoms with van der Waals surface area (Å²) in [6.45, 7) is 8.14. The summed E-state index contributed by atoms with van der Waals surface area (Å²) in [4.78, 5) is 8.36. The quantitative estimate of drug-likeness (QED) is 0.674. The largest absolute Gasteiger partial charge is 0.370 e. The van der Waals surface area contributed by atoms with E-state index in [-0.39, 0.29) is 5.54 Å². The van der Waals surface area contributed by atoms with Gasteiger partial charge in [-0.1, -0.05) is 6.92 Å². The predicted octanol–water partition coefficient (Wildman–Crippen LogP) is 1.71. The van der Waals surface area contributed by atoms with Crippen LogP contribution >= 0.6 is 0 Å². The number of likely N-dealkylation sites (N-methyl/N-ethyl adjacent to an activating group) is 1. The Kier molecular flexibility index (Phi) is 5.15. The number of hydrogen-bond donors (Lipinski definition) is 3. The van der Waals surface area contributed by atoms with E-state index in [0.29, 0.717) is 0 Å². The zero-order valence-corrected chi connectivity index (χ0v) is 11.2. The topological polar surface area (TPSA) is 61.9 Å². The minimum Gasteiger partial charge on any atom is -0.370 e. The standard InChI is InChI=1S/C12H23N5/c1-5-6-14-10-7-11(17-9-16-10)15-8-12(2,3)13-4/h7,9,13H,5-6,8H2,1-4H3,(H2,14,15,16,17). The third-order valence-corrected chi connectivity index (χ3v) is 2.61. The SMILES string of the molecule is CCCNc1cc(NCC(C)(C)NC)ncn1. The second kappa shape index (κ2) is 6.39. The van der Waals surface area contributed by atoms with E-state index >= 15 is 0 Å². The molecule has 0 aromatic carbocycles. The molecule has 0 bridgehead atoms. The monoisotopic (exact) mass is 237 g/mol. The predicted molar refractivity (Wildman–Crippen MR) is 72.4 cm³/mol. The highest BCUT2D eigenvalue weighted by molar-refractivity contribution is 5.46. The van der Waals surface area contributed by atoms with Crippen LogP contribution in [0.1, 0.15) is 27.2 Å². The molecule has 0 aliphatic heterocycles. The van der Waals surface area contributed by atoms with E-state index in [1.165, 1.54) is 0 Å². The summed E-state index contributed by atoms with van der Waals surface area (Å²) in [5, 5.41) is 9.78. The number of anilines is 2. The van der Waals surface area contributed by atoms with Gasteiger partial charge in [-0.15, -0.1) is 0 Å². The average molecular weight is 237 g/mol. The summed E-state index contributed by atoms with van der Waals surface area (Å²) in [5.41, 5.74) is 0.0436. The summed E-state index contributed by atoms with van der Waals surface area (Å²) >= 11 is 0. The van der Waals surface area contributed by atoms with E-state index in [2.05, 4.69) is 46.7 Å². The highest BCUT2D eigenvalue weighted by Crippen LogP contribution is 2.10. The zero-order chi connectivity index (χ0) is 12.7. The van der Waals surface area contributed by atoms with Gasteiger partial charge in [0.25, 0.3) is 0 Å². The minimum absolute atomic E-state index is 0.0436. The first-order valence-corrected chi connectivity index (χ1v) is 6.06. The molecule has 0 aliphatic rings. The lowest BCUT2D eigenvalue weighted by Crippen LogP contribution is -2.42. The van der Waals surface area contributed by atoms with Crippen molar-refractivity contribution in [2.45, 2.75) is 32.7 Å². The van der Waals surface area contributed by atoms with E-state index in [1.54, 1.807) is 6.33 Å². The molecule has 1 heterocycles. The van der Waals surface area contributed by atoms with Crippen molar-refractivity contribution in [3.63, 3.8) is 0 Å². The van der Waals surface area contributed by atoms with E-state index in [4.69, 9.17) is 0 Å². The third-order valence-electron chi connectivity index (χ3n) is 2.61. The van der Waals surface area contributed by atoms with Crippen LogP contribution in [0.2, 0.25) is 0 Å². The molecular formula is C12H23N5. The minimum atomic E-state index is 0.0436. The van der Waals surface area contributed by atoms with E-state index < -0.39 is 0 Å². The van der Waals surface area contributed by atoms with Gasteiger partial charge in [0.2, 0.25) is 0 Å². The Labute approximate surface area is 103 Å². The van der Waals surface area contributed by atoms with Crippen molar-refractivity contribution >= 4 is 11.6 Å². The zero-order valence-electron chi connectivity index (χ0n) is 11.2. The first-order valence-electron chi connectivity index (χ1n) is 6.06. The Bertz CT molecular complexity index is 337. The first kappa shape index (κ1) is 13.7. The van der Waals surface area contributed by atoms with Gasteiger partial charge in [-0.25, -0.2) is 9.97 Å². The molecule has 1 rings (SSSR count). The van der Waals surface area contributed by atoms with Crippen LogP contribution < -0.4 is 16.0 Å². The molecule has 0 atom stereocenters. The molecule has 17 heavy (non-hydrogen) atoms. The van der Waals surface area contributed by atoms with Gasteiger partial charge in [-0.05, 0) is 27.3 Å². The Balaban J connectivity index is 2.53. The van der Waals surface area contributed by atoms with Crippen molar-refractivity contribution in [1.82, 2.24) is 15.3 Å². The van der Waals surface area contributed by atoms with Crippen molar-refractivity contribution in [1.29, 1.82) is 0 Å². The van der Waals surface area contributed by atoms with Crippen molar-refractivity contribution in [3.8, 4) is 0 Å². The smallest absolute Gasteiger partial charge is 0.131 e. The molecule has 5 nitrogen and oxygen atoms in total. The van der Waals surface area contributed by atoms with Gasteiger partial charge in [0.1, 0.15) is 18.0 Å². The maximum atomic E-state index is 4.19. The van der Waals surface area contributed by atoms with Crippen LogP contribution in [-0.4, -0.2) is 35.6 Å². The number of rotatable bonds is 7. The highest BCUT2D eigenvalue weighted by atomic mass is 15.1. The summed E-state index contributed by atoms with van der Waals surface area (Å²) in [7, 11) is 1.95. The third kappa shape index (κ3) is 4.99. The van der Waals surface area contributed by atoms with Crippen LogP contribution in [0.15, 0.2) is 12.4 Å². The van der Waals surface area contributed by atoms with Crippen LogP contribution in [0.5, 0.6) is 0 Å². The number of aromatic nitrogens is 2. The molecule has 0 spiro atoms. The molecule has 0 radical (unpaired) electrons. The molecule has 0 unspecified atom stereocenters. The Hall–Kier alpha value is -1.36. The van der Waals surface area contributed by atoms with Gasteiger partial charge in [0.05, 0.1) is 0 Å². The second-order valence-electron chi connectivity index (χ2n) is 4.70. The lowest BCUT2D eigenvalue weighted by molar-refractivity contribution is 0.447. The second-order valence-corrected chi connectivity index (χ2v) is 4.70. The molecule has 96 valence electrons. The van der Waals surface area contributed by atoms with Crippen LogP contribution in [0.4, 0.5) is 11.6 Å². The van der Waals surface area contributed by atoms with Crippen molar-refractivity contribution in [2.24, 2.45) is 0 Å². The van der Waals surface area contributed by atoms with Crippen LogP contribution in [0.3, 0.4) is 0 Å². The Morgan fingerprint density at radius 3 is 2.41 bits per heavy atom. The maximum absolute atomic E-state index is 4.19. The fourth-order valence-electron chi connectivity index (χ4n) is 1.20. The molecule has 5 heteroatoms. The van der Waals surface area contributed by atoms with Gasteiger partial charge in [0.15, 0.2) is 0 Å². The Morgan fingerprint density at radius 1 is 1.18 bits per heavy atom. The van der Waals surface area contributed by atoms with E-state index in [1.807, 2.05) is 13.1 Å². The maximum Gasteiger partial charge on any atom is 0.131 e. The molecule has 1 aromatic heterocycles. The van der Waals surface area contributed by atoms with E-state index in [0.717, 1.165) is 31.1 Å². The summed E-state index contributed by atoms with van der Waals surface area (Å²) < 4.78 is 0. The lowest BCUT2D eigenvalue weighted by Gasteiger charge is -2.24. The number of nitrogens with zero attached hydrogens (tertiary/aromatic N) is 2. The molecule has 0 aliphatic carbocycles. The summed E-state index contributed by atoms with van der Waals surface area (Å²) in [6, 6.07) is 1.93. The van der Waals surface area contributed by atoms with Crippen LogP contribution in [-0.2, 0) is 0 Å². The van der Waals surface area contributed by atoms with Gasteiger partial charge < -0.3 is 16.0 Å². The average Bonchev–Trinajstić information content (AvgIpc) is 2.35. The number of nitrogens with one attached hydrogen (secondary N) is 3. The molecule has 0 saturated heterocycles. The van der Waals surface area contributed by atoms with Gasteiger partial charge in [-0.3, -0.25) is 0 Å². The fraction of sp³-hybridized carbons (Fsp3) is 0.667. The molecule has 0 saturated carbocycles. The van der Waals surface area contributed by atoms with Crippen LogP contribution in [0, 0.1) is 0 Å². The van der Waals surface area contributed by atoms with E-state index in [9.17, 15) is 0 Å². The van der Waals surface area contributed by atoms with Crippen molar-refractivity contribution in [2.75, 3.05) is 30.8 Å². The van der Waals surface area contributed by atoms with Crippen molar-refractivity contribution < 1.29 is 0 Å². The molecule has 0 fully saturated rings. The summed E-state index contributed by atoms with van der Waals surface area (Å²) in [5.74, 6) is 1.72. The lowest BCUT2D eigenvalue weighted by atomic mass is 10.1. The molecule has 3 N–H and O–H groups in total. The van der Waals surface area contributed by atoms with Gasteiger partial charge in [0, 0.05) is 24.7 Å². The number of hydrogen-bond acceptors (Lipinski definition) is 5. The normalized spacial score (nSPS) is 11.3. The molecular weight excluding hydrogens is 214 g/mol. The Morgan fingerprint density at radius 2 is 1.82 bits per heavy atom. The summed E-state index contributed by atoms with van der Waals surface area (Å²) in [6.07, 6.45) is 2.66. The van der Waals surface area contributed by atoms with Crippen LogP contribution in [0.25, 0.3) is 0 Å². The first-order chi connectivity index (χ1) is 8.07.